The fourth-order valence-corrected chi connectivity index (χ4v) is 3.09. The van der Waals surface area contributed by atoms with Crippen molar-refractivity contribution in [3.8, 4) is 5.75 Å². The van der Waals surface area contributed by atoms with Crippen molar-refractivity contribution in [1.82, 2.24) is 10.6 Å². The molecule has 0 spiro atoms. The largest absolute Gasteiger partial charge is 0.494 e. The molecular weight excluding hydrogens is 355 g/mol. The lowest BCUT2D eigenvalue weighted by Gasteiger charge is -2.28. The number of hydrogen-bond donors (Lipinski definition) is 2. The van der Waals surface area contributed by atoms with Gasteiger partial charge in [0.15, 0.2) is 5.75 Å². The second kappa shape index (κ2) is 7.77. The van der Waals surface area contributed by atoms with Crippen LogP contribution in [0.4, 0.5) is 4.79 Å². The predicted molar refractivity (Wildman–Crippen MR) is 91.4 cm³/mol. The van der Waals surface area contributed by atoms with Gasteiger partial charge in [-0.1, -0.05) is 30.1 Å². The highest BCUT2D eigenvalue weighted by molar-refractivity contribution is 6.37. The summed E-state index contributed by atoms with van der Waals surface area (Å²) in [5, 5.41) is 5.84. The van der Waals surface area contributed by atoms with Crippen molar-refractivity contribution in [3.63, 3.8) is 0 Å². The number of esters is 1. The minimum Gasteiger partial charge on any atom is -0.494 e. The van der Waals surface area contributed by atoms with E-state index in [2.05, 4.69) is 10.6 Å². The van der Waals surface area contributed by atoms with Gasteiger partial charge in [-0.3, -0.25) is 0 Å². The maximum atomic E-state index is 12.4. The van der Waals surface area contributed by atoms with Gasteiger partial charge in [0.05, 0.1) is 35.4 Å². The Morgan fingerprint density at radius 3 is 2.46 bits per heavy atom. The molecule has 0 fully saturated rings. The number of ether oxygens (including phenoxy) is 2. The molecule has 8 heteroatoms. The van der Waals surface area contributed by atoms with E-state index >= 15 is 0 Å². The van der Waals surface area contributed by atoms with Gasteiger partial charge in [-0.15, -0.1) is 0 Å². The van der Waals surface area contributed by atoms with E-state index in [1.165, 1.54) is 7.11 Å². The number of amides is 2. The summed E-state index contributed by atoms with van der Waals surface area (Å²) in [5.41, 5.74) is 1.29. The van der Waals surface area contributed by atoms with Crippen LogP contribution in [0.15, 0.2) is 23.4 Å². The van der Waals surface area contributed by atoms with Crippen LogP contribution in [0, 0.1) is 0 Å². The summed E-state index contributed by atoms with van der Waals surface area (Å²) >= 11 is 12.3. The molecule has 1 heterocycles. The van der Waals surface area contributed by atoms with Crippen LogP contribution in [0.2, 0.25) is 10.0 Å². The van der Waals surface area contributed by atoms with Crippen LogP contribution in [0.1, 0.15) is 31.9 Å². The standard InChI is InChI=1S/C16H18Cl2N2O4/c1-4-5-24-15(21)12-8(2)19-16(22)20-13(12)9-6-10(17)14(23-3)11(18)7-9/h6-7,13H,4-5H2,1-3H3,(H2,19,20,22). The van der Waals surface area contributed by atoms with Crippen LogP contribution in [-0.2, 0) is 9.53 Å². The van der Waals surface area contributed by atoms with Gasteiger partial charge in [-0.05, 0) is 31.0 Å². The number of carbonyl (C=O) groups excluding carboxylic acids is 2. The topological polar surface area (TPSA) is 76.7 Å². The molecule has 1 aliphatic rings. The van der Waals surface area contributed by atoms with Crippen LogP contribution in [0.5, 0.6) is 5.75 Å². The third-order valence-electron chi connectivity index (χ3n) is 3.48. The first-order valence-electron chi connectivity index (χ1n) is 7.37. The predicted octanol–water partition coefficient (Wildman–Crippen LogP) is 3.58. The van der Waals surface area contributed by atoms with E-state index in [-0.39, 0.29) is 10.0 Å². The fraction of sp³-hybridized carbons (Fsp3) is 0.375. The highest BCUT2D eigenvalue weighted by atomic mass is 35.5. The fourth-order valence-electron chi connectivity index (χ4n) is 2.43. The molecule has 0 bridgehead atoms. The van der Waals surface area contributed by atoms with Crippen LogP contribution < -0.4 is 15.4 Å². The molecular formula is C16H18Cl2N2O4. The van der Waals surface area contributed by atoms with Gasteiger partial charge in [0, 0.05) is 5.70 Å². The summed E-state index contributed by atoms with van der Waals surface area (Å²) in [5.74, 6) is -0.173. The van der Waals surface area contributed by atoms with Gasteiger partial charge in [0.1, 0.15) is 0 Å². The minimum atomic E-state index is -0.719. The Labute approximate surface area is 150 Å². The molecule has 0 aliphatic carbocycles. The molecule has 0 saturated carbocycles. The number of rotatable bonds is 5. The third-order valence-corrected chi connectivity index (χ3v) is 4.05. The van der Waals surface area contributed by atoms with E-state index in [9.17, 15) is 9.59 Å². The second-order valence-corrected chi connectivity index (χ2v) is 6.04. The first-order valence-corrected chi connectivity index (χ1v) is 8.13. The molecule has 6 nitrogen and oxygen atoms in total. The van der Waals surface area contributed by atoms with E-state index < -0.39 is 18.0 Å². The summed E-state index contributed by atoms with van der Waals surface area (Å²) in [6, 6.07) is 2.06. The smallest absolute Gasteiger partial charge is 0.338 e. The Morgan fingerprint density at radius 1 is 1.29 bits per heavy atom. The number of urea groups is 1. The Bertz CT molecular complexity index is 680. The molecule has 1 unspecified atom stereocenters. The molecule has 24 heavy (non-hydrogen) atoms. The Hall–Kier alpha value is -1.92. The molecule has 0 radical (unpaired) electrons. The zero-order chi connectivity index (χ0) is 17.9. The molecule has 1 aliphatic heterocycles. The Balaban J connectivity index is 2.47. The molecule has 2 rings (SSSR count). The number of allylic oxidation sites excluding steroid dienone is 1. The Kier molecular flexibility index (Phi) is 5.96. The van der Waals surface area contributed by atoms with Crippen molar-refractivity contribution in [3.05, 3.63) is 39.0 Å². The number of methoxy groups -OCH3 is 1. The van der Waals surface area contributed by atoms with Crippen molar-refractivity contribution in [1.29, 1.82) is 0 Å². The SMILES string of the molecule is CCCOC(=O)C1=C(C)NC(=O)NC1c1cc(Cl)c(OC)c(Cl)c1. The zero-order valence-corrected chi connectivity index (χ0v) is 15.0. The molecule has 1 aromatic carbocycles. The van der Waals surface area contributed by atoms with Crippen LogP contribution in [-0.4, -0.2) is 25.7 Å². The van der Waals surface area contributed by atoms with Crippen LogP contribution in [0.25, 0.3) is 0 Å². The highest BCUT2D eigenvalue weighted by Gasteiger charge is 2.33. The third kappa shape index (κ3) is 3.76. The number of carbonyl (C=O) groups is 2. The lowest BCUT2D eigenvalue weighted by Crippen LogP contribution is -2.45. The molecule has 0 aromatic heterocycles. The maximum Gasteiger partial charge on any atom is 0.338 e. The summed E-state index contributed by atoms with van der Waals surface area (Å²) in [6.45, 7) is 3.83. The number of nitrogens with one attached hydrogen (secondary N) is 2. The number of halogens is 2. The van der Waals surface area contributed by atoms with Crippen molar-refractivity contribution >= 4 is 35.2 Å². The van der Waals surface area contributed by atoms with Gasteiger partial charge in [0.2, 0.25) is 0 Å². The van der Waals surface area contributed by atoms with Crippen molar-refractivity contribution < 1.29 is 19.1 Å². The molecule has 0 saturated heterocycles. The summed E-state index contributed by atoms with van der Waals surface area (Å²) in [4.78, 5) is 24.2. The normalized spacial score (nSPS) is 17.2. The summed E-state index contributed by atoms with van der Waals surface area (Å²) in [6.07, 6.45) is 0.697. The summed E-state index contributed by atoms with van der Waals surface area (Å²) < 4.78 is 10.3. The van der Waals surface area contributed by atoms with Gasteiger partial charge in [-0.25, -0.2) is 9.59 Å². The van der Waals surface area contributed by atoms with Crippen molar-refractivity contribution in [2.75, 3.05) is 13.7 Å². The quantitative estimate of drug-likeness (QED) is 0.774. The van der Waals surface area contributed by atoms with Crippen LogP contribution in [0.3, 0.4) is 0 Å². The van der Waals surface area contributed by atoms with E-state index in [4.69, 9.17) is 32.7 Å². The molecule has 1 atom stereocenters. The molecule has 2 amide bonds. The molecule has 2 N–H and O–H groups in total. The van der Waals surface area contributed by atoms with Crippen molar-refractivity contribution in [2.24, 2.45) is 0 Å². The summed E-state index contributed by atoms with van der Waals surface area (Å²) in [7, 11) is 1.46. The van der Waals surface area contributed by atoms with E-state index in [0.717, 1.165) is 0 Å². The zero-order valence-electron chi connectivity index (χ0n) is 13.5. The van der Waals surface area contributed by atoms with E-state index in [1.54, 1.807) is 19.1 Å². The monoisotopic (exact) mass is 372 g/mol. The average Bonchev–Trinajstić information content (AvgIpc) is 2.51. The van der Waals surface area contributed by atoms with Crippen molar-refractivity contribution in [2.45, 2.75) is 26.3 Å². The van der Waals surface area contributed by atoms with E-state index in [1.807, 2.05) is 6.92 Å². The number of hydrogen-bond acceptors (Lipinski definition) is 4. The second-order valence-electron chi connectivity index (χ2n) is 5.22. The lowest BCUT2D eigenvalue weighted by molar-refractivity contribution is -0.139. The minimum absolute atomic E-state index is 0.284. The molecule has 130 valence electrons. The van der Waals surface area contributed by atoms with Gasteiger partial charge in [-0.2, -0.15) is 0 Å². The van der Waals surface area contributed by atoms with Gasteiger partial charge >= 0.3 is 12.0 Å². The van der Waals surface area contributed by atoms with Gasteiger partial charge in [0.25, 0.3) is 0 Å². The Morgan fingerprint density at radius 2 is 1.92 bits per heavy atom. The average molecular weight is 373 g/mol. The first kappa shape index (κ1) is 18.4. The van der Waals surface area contributed by atoms with E-state index in [0.29, 0.717) is 35.6 Å². The maximum absolute atomic E-state index is 12.4. The molecule has 1 aromatic rings. The van der Waals surface area contributed by atoms with Crippen LogP contribution >= 0.6 is 23.2 Å². The van der Waals surface area contributed by atoms with Gasteiger partial charge < -0.3 is 20.1 Å². The highest BCUT2D eigenvalue weighted by Crippen LogP contribution is 2.38. The first-order chi connectivity index (χ1) is 11.4. The lowest BCUT2D eigenvalue weighted by atomic mass is 9.95. The number of benzene rings is 1.